The van der Waals surface area contributed by atoms with Gasteiger partial charge in [-0.05, 0) is 5.41 Å². The summed E-state index contributed by atoms with van der Waals surface area (Å²) in [6.07, 6.45) is 5.49. The first kappa shape index (κ1) is 9.26. The summed E-state index contributed by atoms with van der Waals surface area (Å²) >= 11 is 1.43. The molecule has 1 rings (SSSR count). The smallest absolute Gasteiger partial charge is 0.234 e. The van der Waals surface area contributed by atoms with Crippen LogP contribution in [0.1, 0.15) is 0 Å². The van der Waals surface area contributed by atoms with Crippen molar-refractivity contribution in [3.05, 3.63) is 23.6 Å². The lowest BCUT2D eigenvalue weighted by atomic mass is 10.3. The molecule has 0 bridgehead atoms. The minimum atomic E-state index is -0.277. The minimum absolute atomic E-state index is 0. The Kier molecular flexibility index (Phi) is 3.83. The lowest BCUT2D eigenvalue weighted by Gasteiger charge is -2.05. The number of nitrogens with two attached hydrogens (primary N) is 1. The molecule has 0 fully saturated rings. The third-order valence-electron chi connectivity index (χ3n) is 0.981. The summed E-state index contributed by atoms with van der Waals surface area (Å²) in [7, 11) is 0. The standard InChI is InChI=1S/C6H7NOS.H2O/c7-6(8)5-3-1-2-4-9-5;/h1-5H,(H2,7,8);1H2. The zero-order valence-corrected chi connectivity index (χ0v) is 6.10. The maximum atomic E-state index is 10.5. The van der Waals surface area contributed by atoms with Gasteiger partial charge < -0.3 is 11.2 Å². The Balaban J connectivity index is 0.000000810. The van der Waals surface area contributed by atoms with E-state index in [4.69, 9.17) is 5.73 Å². The highest BCUT2D eigenvalue weighted by atomic mass is 32.2. The second-order valence-corrected chi connectivity index (χ2v) is 2.72. The largest absolute Gasteiger partial charge is 0.412 e. The van der Waals surface area contributed by atoms with Crippen LogP contribution in [-0.4, -0.2) is 16.6 Å². The van der Waals surface area contributed by atoms with Crippen LogP contribution in [-0.2, 0) is 4.79 Å². The van der Waals surface area contributed by atoms with Crippen molar-refractivity contribution in [3.8, 4) is 0 Å². The Labute approximate surface area is 63.3 Å². The van der Waals surface area contributed by atoms with Crippen molar-refractivity contribution < 1.29 is 10.3 Å². The summed E-state index contributed by atoms with van der Waals surface area (Å²) in [6.45, 7) is 0. The molecule has 0 saturated carbocycles. The average molecular weight is 159 g/mol. The molecule has 1 unspecified atom stereocenters. The van der Waals surface area contributed by atoms with Crippen LogP contribution in [0.15, 0.2) is 23.6 Å². The number of hydrogen-bond donors (Lipinski definition) is 1. The van der Waals surface area contributed by atoms with Gasteiger partial charge in [0.1, 0.15) is 5.25 Å². The number of thioether (sulfide) groups is 1. The van der Waals surface area contributed by atoms with Crippen LogP contribution in [0.3, 0.4) is 0 Å². The molecule has 3 nitrogen and oxygen atoms in total. The van der Waals surface area contributed by atoms with Crippen molar-refractivity contribution in [2.24, 2.45) is 5.73 Å². The van der Waals surface area contributed by atoms with Gasteiger partial charge in [0.05, 0.1) is 0 Å². The minimum Gasteiger partial charge on any atom is -0.412 e. The van der Waals surface area contributed by atoms with E-state index in [1.54, 1.807) is 6.08 Å². The van der Waals surface area contributed by atoms with Gasteiger partial charge in [-0.25, -0.2) is 0 Å². The first-order valence-electron chi connectivity index (χ1n) is 2.59. The number of allylic oxidation sites excluding steroid dienone is 2. The van der Waals surface area contributed by atoms with Crippen LogP contribution in [0, 0.1) is 0 Å². The van der Waals surface area contributed by atoms with Crippen LogP contribution < -0.4 is 5.73 Å². The van der Waals surface area contributed by atoms with Gasteiger partial charge in [0.15, 0.2) is 0 Å². The van der Waals surface area contributed by atoms with Crippen molar-refractivity contribution in [1.29, 1.82) is 0 Å². The Morgan fingerprint density at radius 3 is 2.50 bits per heavy atom. The van der Waals surface area contributed by atoms with Crippen molar-refractivity contribution >= 4 is 17.7 Å². The maximum Gasteiger partial charge on any atom is 0.234 e. The number of amides is 1. The molecule has 4 N–H and O–H groups in total. The van der Waals surface area contributed by atoms with Crippen molar-refractivity contribution in [3.63, 3.8) is 0 Å². The lowest BCUT2D eigenvalue weighted by molar-refractivity contribution is -0.116. The number of carbonyl (C=O) groups excluding carboxylic acids is 1. The van der Waals surface area contributed by atoms with Gasteiger partial charge in [-0.2, -0.15) is 0 Å². The quantitative estimate of drug-likeness (QED) is 0.577. The Morgan fingerprint density at radius 2 is 2.20 bits per heavy atom. The van der Waals surface area contributed by atoms with Gasteiger partial charge >= 0.3 is 0 Å². The SMILES string of the molecule is NC(=O)C1C=CC=CS1.O. The van der Waals surface area contributed by atoms with E-state index in [0.717, 1.165) is 0 Å². The Morgan fingerprint density at radius 1 is 1.50 bits per heavy atom. The highest BCUT2D eigenvalue weighted by Crippen LogP contribution is 2.16. The third-order valence-corrected chi connectivity index (χ3v) is 1.98. The first-order valence-corrected chi connectivity index (χ1v) is 3.53. The van der Waals surface area contributed by atoms with Gasteiger partial charge in [-0.1, -0.05) is 18.2 Å². The monoisotopic (exact) mass is 159 g/mol. The molecule has 0 aliphatic carbocycles. The molecule has 1 aliphatic rings. The van der Waals surface area contributed by atoms with Gasteiger partial charge in [-0.15, -0.1) is 11.8 Å². The Hall–Kier alpha value is -0.740. The van der Waals surface area contributed by atoms with E-state index in [1.165, 1.54) is 11.8 Å². The van der Waals surface area contributed by atoms with Crippen LogP contribution in [0.4, 0.5) is 0 Å². The number of rotatable bonds is 1. The number of hydrogen-bond acceptors (Lipinski definition) is 2. The Bertz CT molecular complexity index is 177. The maximum absolute atomic E-state index is 10.5. The predicted molar refractivity (Wildman–Crippen MR) is 42.5 cm³/mol. The topological polar surface area (TPSA) is 74.6 Å². The molecule has 0 aromatic carbocycles. The molecular weight excluding hydrogens is 150 g/mol. The fourth-order valence-corrected chi connectivity index (χ4v) is 1.21. The van der Waals surface area contributed by atoms with Crippen molar-refractivity contribution in [2.45, 2.75) is 5.25 Å². The van der Waals surface area contributed by atoms with E-state index in [1.807, 2.05) is 17.6 Å². The van der Waals surface area contributed by atoms with Crippen LogP contribution in [0.5, 0.6) is 0 Å². The number of primary amides is 1. The summed E-state index contributed by atoms with van der Waals surface area (Å²) < 4.78 is 0. The molecule has 4 heteroatoms. The molecule has 0 aromatic rings. The van der Waals surface area contributed by atoms with E-state index >= 15 is 0 Å². The highest BCUT2D eigenvalue weighted by Gasteiger charge is 2.10. The summed E-state index contributed by atoms with van der Waals surface area (Å²) in [5.74, 6) is -0.277. The molecule has 0 radical (unpaired) electrons. The summed E-state index contributed by atoms with van der Waals surface area (Å²) in [5.41, 5.74) is 5.02. The van der Waals surface area contributed by atoms with Crippen LogP contribution in [0.2, 0.25) is 0 Å². The van der Waals surface area contributed by atoms with E-state index in [0.29, 0.717) is 0 Å². The predicted octanol–water partition coefficient (Wildman–Crippen LogP) is -0.168. The normalized spacial score (nSPS) is 21.8. The van der Waals surface area contributed by atoms with Gasteiger partial charge in [0.2, 0.25) is 5.91 Å². The lowest BCUT2D eigenvalue weighted by Crippen LogP contribution is -2.23. The van der Waals surface area contributed by atoms with E-state index < -0.39 is 0 Å². The van der Waals surface area contributed by atoms with E-state index in [-0.39, 0.29) is 16.6 Å². The van der Waals surface area contributed by atoms with E-state index in [9.17, 15) is 4.79 Å². The zero-order valence-electron chi connectivity index (χ0n) is 5.28. The molecule has 0 aromatic heterocycles. The molecule has 1 atom stereocenters. The van der Waals surface area contributed by atoms with Crippen molar-refractivity contribution in [1.82, 2.24) is 0 Å². The molecular formula is C6H9NO2S. The van der Waals surface area contributed by atoms with Crippen LogP contribution >= 0.6 is 11.8 Å². The molecule has 1 amide bonds. The summed E-state index contributed by atoms with van der Waals surface area (Å²) in [5, 5.41) is 1.70. The summed E-state index contributed by atoms with van der Waals surface area (Å²) in [6, 6.07) is 0. The van der Waals surface area contributed by atoms with Crippen molar-refractivity contribution in [2.75, 3.05) is 0 Å². The first-order chi connectivity index (χ1) is 4.30. The molecule has 1 heterocycles. The van der Waals surface area contributed by atoms with E-state index in [2.05, 4.69) is 0 Å². The highest BCUT2D eigenvalue weighted by molar-refractivity contribution is 8.03. The second kappa shape index (κ2) is 4.14. The average Bonchev–Trinajstić information content (AvgIpc) is 1.90. The molecule has 56 valence electrons. The second-order valence-electron chi connectivity index (χ2n) is 1.67. The molecule has 10 heavy (non-hydrogen) atoms. The number of carbonyl (C=O) groups is 1. The zero-order chi connectivity index (χ0) is 6.69. The van der Waals surface area contributed by atoms with Crippen LogP contribution in [0.25, 0.3) is 0 Å². The third kappa shape index (κ3) is 2.24. The van der Waals surface area contributed by atoms with Gasteiger partial charge in [-0.3, -0.25) is 4.79 Å². The summed E-state index contributed by atoms with van der Waals surface area (Å²) in [4.78, 5) is 10.5. The van der Waals surface area contributed by atoms with Gasteiger partial charge in [0.25, 0.3) is 0 Å². The fourth-order valence-electron chi connectivity index (χ4n) is 0.548. The fraction of sp³-hybridized carbons (Fsp3) is 0.167. The molecule has 0 spiro atoms. The van der Waals surface area contributed by atoms with Gasteiger partial charge in [0, 0.05) is 0 Å². The molecule has 1 aliphatic heterocycles. The molecule has 0 saturated heterocycles.